The Bertz CT molecular complexity index is 259. The van der Waals surface area contributed by atoms with Crippen LogP contribution in [0.25, 0.3) is 0 Å². The van der Waals surface area contributed by atoms with Gasteiger partial charge in [0.15, 0.2) is 0 Å². The van der Waals surface area contributed by atoms with E-state index < -0.39 is 0 Å². The van der Waals surface area contributed by atoms with Crippen molar-refractivity contribution >= 4 is 5.91 Å². The van der Waals surface area contributed by atoms with E-state index in [2.05, 4.69) is 24.1 Å². The van der Waals surface area contributed by atoms with Gasteiger partial charge in [0, 0.05) is 26.2 Å². The van der Waals surface area contributed by atoms with Gasteiger partial charge in [-0.3, -0.25) is 9.69 Å². The van der Waals surface area contributed by atoms with E-state index in [-0.39, 0.29) is 18.1 Å². The number of carbonyl (C=O) groups excluding carboxylic acids is 1. The van der Waals surface area contributed by atoms with E-state index in [0.717, 1.165) is 26.1 Å². The summed E-state index contributed by atoms with van der Waals surface area (Å²) >= 11 is 0. The van der Waals surface area contributed by atoms with Crippen LogP contribution in [0.15, 0.2) is 0 Å². The average molecular weight is 257 g/mol. The number of carbonyl (C=O) groups is 1. The maximum atomic E-state index is 12.0. The van der Waals surface area contributed by atoms with Crippen molar-refractivity contribution in [3.05, 3.63) is 0 Å². The van der Waals surface area contributed by atoms with Crippen LogP contribution in [-0.2, 0) is 9.53 Å². The van der Waals surface area contributed by atoms with Crippen LogP contribution >= 0.6 is 0 Å². The largest absolute Gasteiger partial charge is 0.374 e. The number of nitrogens with two attached hydrogens (primary N) is 1. The molecule has 0 radical (unpaired) electrons. The van der Waals surface area contributed by atoms with Gasteiger partial charge in [0.2, 0.25) is 5.91 Å². The second kappa shape index (κ2) is 7.71. The zero-order valence-corrected chi connectivity index (χ0v) is 11.8. The fourth-order valence-corrected chi connectivity index (χ4v) is 2.03. The summed E-state index contributed by atoms with van der Waals surface area (Å²) in [4.78, 5) is 14.1. The maximum Gasteiger partial charge on any atom is 0.237 e. The molecule has 5 nitrogen and oxygen atoms in total. The van der Waals surface area contributed by atoms with Crippen molar-refractivity contribution in [2.45, 2.75) is 39.3 Å². The van der Waals surface area contributed by atoms with Crippen molar-refractivity contribution < 1.29 is 9.53 Å². The van der Waals surface area contributed by atoms with E-state index in [0.29, 0.717) is 19.1 Å². The third-order valence-corrected chi connectivity index (χ3v) is 3.38. The molecule has 1 amide bonds. The summed E-state index contributed by atoms with van der Waals surface area (Å²) in [5.74, 6) is 0.721. The van der Waals surface area contributed by atoms with Crippen LogP contribution in [-0.4, -0.2) is 55.7 Å². The molecule has 18 heavy (non-hydrogen) atoms. The van der Waals surface area contributed by atoms with Gasteiger partial charge in [-0.05, 0) is 19.3 Å². The summed E-state index contributed by atoms with van der Waals surface area (Å²) in [5, 5.41) is 2.99. The molecule has 0 spiro atoms. The number of rotatable bonds is 6. The average Bonchev–Trinajstić information content (AvgIpc) is 2.37. The summed E-state index contributed by atoms with van der Waals surface area (Å²) < 4.78 is 5.50. The monoisotopic (exact) mass is 257 g/mol. The lowest BCUT2D eigenvalue weighted by Crippen LogP contribution is -2.53. The number of ether oxygens (including phenoxy) is 1. The molecular weight excluding hydrogens is 230 g/mol. The molecule has 1 fully saturated rings. The lowest BCUT2D eigenvalue weighted by atomic mass is 10.1. The second-order valence-electron chi connectivity index (χ2n) is 5.37. The highest BCUT2D eigenvalue weighted by Crippen LogP contribution is 2.08. The molecule has 0 aromatic rings. The predicted molar refractivity (Wildman–Crippen MR) is 72.3 cm³/mol. The Morgan fingerprint density at radius 1 is 1.50 bits per heavy atom. The van der Waals surface area contributed by atoms with Crippen molar-refractivity contribution in [3.63, 3.8) is 0 Å². The minimum atomic E-state index is -0.102. The molecule has 0 bridgehead atoms. The molecular formula is C13H27N3O2. The first-order valence-electron chi connectivity index (χ1n) is 6.88. The number of nitrogens with one attached hydrogen (secondary N) is 1. The Morgan fingerprint density at radius 3 is 2.83 bits per heavy atom. The topological polar surface area (TPSA) is 67.6 Å². The molecule has 3 N–H and O–H groups in total. The van der Waals surface area contributed by atoms with E-state index >= 15 is 0 Å². The molecule has 5 heteroatoms. The van der Waals surface area contributed by atoms with Gasteiger partial charge >= 0.3 is 0 Å². The number of amides is 1. The molecule has 106 valence electrons. The maximum absolute atomic E-state index is 12.0. The summed E-state index contributed by atoms with van der Waals surface area (Å²) in [6.07, 6.45) is 1.08. The van der Waals surface area contributed by atoms with Crippen LogP contribution in [0.3, 0.4) is 0 Å². The van der Waals surface area contributed by atoms with Crippen LogP contribution in [0.1, 0.15) is 27.2 Å². The van der Waals surface area contributed by atoms with Crippen molar-refractivity contribution in [2.75, 3.05) is 32.8 Å². The highest BCUT2D eigenvalue weighted by molar-refractivity contribution is 5.81. The molecule has 1 rings (SSSR count). The number of hydrogen-bond acceptors (Lipinski definition) is 4. The highest BCUT2D eigenvalue weighted by Gasteiger charge is 2.26. The highest BCUT2D eigenvalue weighted by atomic mass is 16.5. The lowest BCUT2D eigenvalue weighted by Gasteiger charge is -2.35. The van der Waals surface area contributed by atoms with Crippen LogP contribution in [0.2, 0.25) is 0 Å². The molecule has 1 heterocycles. The Kier molecular flexibility index (Phi) is 6.60. The Labute approximate surface area is 110 Å². The van der Waals surface area contributed by atoms with Crippen molar-refractivity contribution in [1.82, 2.24) is 10.2 Å². The molecule has 0 saturated carbocycles. The number of morpholine rings is 1. The van der Waals surface area contributed by atoms with Gasteiger partial charge < -0.3 is 15.8 Å². The van der Waals surface area contributed by atoms with E-state index in [9.17, 15) is 4.79 Å². The Morgan fingerprint density at radius 2 is 2.22 bits per heavy atom. The van der Waals surface area contributed by atoms with Gasteiger partial charge in [0.05, 0.1) is 18.8 Å². The van der Waals surface area contributed by atoms with Crippen molar-refractivity contribution in [2.24, 2.45) is 11.7 Å². The third kappa shape index (κ3) is 4.92. The van der Waals surface area contributed by atoms with E-state index in [1.54, 1.807) is 0 Å². The Balaban J connectivity index is 2.33. The predicted octanol–water partition coefficient (Wildman–Crippen LogP) is 0.197. The molecule has 1 saturated heterocycles. The molecule has 0 aromatic carbocycles. The van der Waals surface area contributed by atoms with Crippen LogP contribution in [0.5, 0.6) is 0 Å². The fraction of sp³-hybridized carbons (Fsp3) is 0.923. The van der Waals surface area contributed by atoms with E-state index in [1.165, 1.54) is 0 Å². The first-order valence-corrected chi connectivity index (χ1v) is 6.88. The molecule has 0 aromatic heterocycles. The molecule has 2 unspecified atom stereocenters. The summed E-state index contributed by atoms with van der Waals surface area (Å²) in [6, 6.07) is -0.102. The first-order chi connectivity index (χ1) is 8.54. The van der Waals surface area contributed by atoms with Crippen molar-refractivity contribution in [1.29, 1.82) is 0 Å². The normalized spacial score (nSPS) is 23.1. The minimum Gasteiger partial charge on any atom is -0.374 e. The zero-order valence-electron chi connectivity index (χ0n) is 11.8. The van der Waals surface area contributed by atoms with Gasteiger partial charge in [0.25, 0.3) is 0 Å². The Hall–Kier alpha value is -0.650. The van der Waals surface area contributed by atoms with E-state index in [4.69, 9.17) is 10.5 Å². The van der Waals surface area contributed by atoms with Gasteiger partial charge in [0.1, 0.15) is 0 Å². The summed E-state index contributed by atoms with van der Waals surface area (Å²) in [7, 11) is 0. The first kappa shape index (κ1) is 15.4. The molecule has 1 aliphatic rings. The fourth-order valence-electron chi connectivity index (χ4n) is 2.03. The van der Waals surface area contributed by atoms with Gasteiger partial charge in [-0.15, -0.1) is 0 Å². The second-order valence-corrected chi connectivity index (χ2v) is 5.37. The zero-order chi connectivity index (χ0) is 13.5. The number of nitrogens with zero attached hydrogens (tertiary/aromatic N) is 1. The van der Waals surface area contributed by atoms with Crippen LogP contribution in [0, 0.1) is 5.92 Å². The lowest BCUT2D eigenvalue weighted by molar-refractivity contribution is -0.129. The standard InChI is InChI=1S/C13H27N3O2/c1-10(2)4-5-15-13(17)11(3)16-6-7-18-12(8-14)9-16/h10-12H,4-9,14H2,1-3H3,(H,15,17). The summed E-state index contributed by atoms with van der Waals surface area (Å²) in [6.45, 7) is 9.73. The van der Waals surface area contributed by atoms with Gasteiger partial charge in [-0.25, -0.2) is 0 Å². The molecule has 2 atom stereocenters. The smallest absolute Gasteiger partial charge is 0.237 e. The number of hydrogen-bond donors (Lipinski definition) is 2. The van der Waals surface area contributed by atoms with Crippen LogP contribution in [0.4, 0.5) is 0 Å². The van der Waals surface area contributed by atoms with Gasteiger partial charge in [-0.1, -0.05) is 13.8 Å². The van der Waals surface area contributed by atoms with Crippen LogP contribution < -0.4 is 11.1 Å². The molecule has 1 aliphatic heterocycles. The van der Waals surface area contributed by atoms with Crippen molar-refractivity contribution in [3.8, 4) is 0 Å². The summed E-state index contributed by atoms with van der Waals surface area (Å²) in [5.41, 5.74) is 5.60. The molecule has 0 aliphatic carbocycles. The van der Waals surface area contributed by atoms with Gasteiger partial charge in [-0.2, -0.15) is 0 Å². The third-order valence-electron chi connectivity index (χ3n) is 3.38. The van der Waals surface area contributed by atoms with E-state index in [1.807, 2.05) is 6.92 Å². The SMILES string of the molecule is CC(C)CCNC(=O)C(C)N1CCOC(CN)C1. The minimum absolute atomic E-state index is 0.0599. The quantitative estimate of drug-likeness (QED) is 0.713.